The smallest absolute Gasteiger partial charge is 0.301 e. The Morgan fingerprint density at radius 3 is 2.79 bits per heavy atom. The maximum Gasteiger partial charge on any atom is 0.301 e. The van der Waals surface area contributed by atoms with Crippen LogP contribution in [-0.2, 0) is 10.2 Å². The molecule has 2 N–H and O–H groups in total. The van der Waals surface area contributed by atoms with Gasteiger partial charge in [0, 0.05) is 26.0 Å². The Hall–Kier alpha value is -1.18. The van der Waals surface area contributed by atoms with E-state index in [1.807, 2.05) is 13.8 Å². The summed E-state index contributed by atoms with van der Waals surface area (Å²) in [6.45, 7) is 6.02. The van der Waals surface area contributed by atoms with Crippen LogP contribution >= 0.6 is 0 Å². The molecule has 0 aliphatic carbocycles. The lowest BCUT2D eigenvalue weighted by Crippen LogP contribution is -2.34. The molecule has 0 fully saturated rings. The normalized spacial score (nSPS) is 11.8. The minimum atomic E-state index is -3.50. The van der Waals surface area contributed by atoms with Crippen molar-refractivity contribution in [3.8, 4) is 0 Å². The van der Waals surface area contributed by atoms with Gasteiger partial charge in [-0.05, 0) is 38.1 Å². The molecule has 0 unspecified atom stereocenters. The molecule has 0 saturated carbocycles. The van der Waals surface area contributed by atoms with Crippen molar-refractivity contribution in [2.75, 3.05) is 31.4 Å². The topological polar surface area (TPSA) is 74.3 Å². The van der Waals surface area contributed by atoms with Gasteiger partial charge in [0.25, 0.3) is 0 Å². The minimum Gasteiger partial charge on any atom is -0.317 e. The van der Waals surface area contributed by atoms with Gasteiger partial charge >= 0.3 is 10.2 Å². The van der Waals surface area contributed by atoms with E-state index in [9.17, 15) is 8.42 Å². The molecule has 6 nitrogen and oxygen atoms in total. The molecule has 1 aromatic rings. The first-order valence-corrected chi connectivity index (χ1v) is 7.76. The maximum atomic E-state index is 12.1. The van der Waals surface area contributed by atoms with Crippen molar-refractivity contribution in [2.45, 2.75) is 20.3 Å². The summed E-state index contributed by atoms with van der Waals surface area (Å²) in [5.74, 6) is 0. The molecule has 7 heteroatoms. The fourth-order valence-electron chi connectivity index (χ4n) is 1.53. The van der Waals surface area contributed by atoms with Gasteiger partial charge in [0.1, 0.15) is 0 Å². The van der Waals surface area contributed by atoms with Crippen LogP contribution in [0.5, 0.6) is 0 Å². The monoisotopic (exact) mass is 286 g/mol. The van der Waals surface area contributed by atoms with E-state index in [2.05, 4.69) is 15.0 Å². The molecule has 1 aromatic heterocycles. The van der Waals surface area contributed by atoms with Crippen LogP contribution in [0.4, 0.5) is 5.69 Å². The molecule has 1 heterocycles. The first-order valence-electron chi connectivity index (χ1n) is 6.32. The second-order valence-electron chi connectivity index (χ2n) is 4.33. The van der Waals surface area contributed by atoms with Gasteiger partial charge in [-0.25, -0.2) is 0 Å². The first kappa shape index (κ1) is 15.9. The summed E-state index contributed by atoms with van der Waals surface area (Å²) in [7, 11) is -1.92. The molecule has 0 saturated heterocycles. The lowest BCUT2D eigenvalue weighted by atomic mass is 10.3. The predicted molar refractivity (Wildman–Crippen MR) is 77.3 cm³/mol. The molecule has 0 aromatic carbocycles. The van der Waals surface area contributed by atoms with Gasteiger partial charge in [0.15, 0.2) is 0 Å². The summed E-state index contributed by atoms with van der Waals surface area (Å²) >= 11 is 0. The standard InChI is InChI=1S/C12H22N4O2S/c1-4-13-7-5-9-16(3)19(17,18)15-12-6-8-14-10-11(12)2/h6,8,10,13H,4-5,7,9H2,1-3H3,(H,14,15). The highest BCUT2D eigenvalue weighted by molar-refractivity contribution is 7.90. The molecule has 19 heavy (non-hydrogen) atoms. The Labute approximate surface area is 115 Å². The molecule has 108 valence electrons. The van der Waals surface area contributed by atoms with Gasteiger partial charge < -0.3 is 5.32 Å². The fourth-order valence-corrected chi connectivity index (χ4v) is 2.56. The zero-order valence-corrected chi connectivity index (χ0v) is 12.5. The van der Waals surface area contributed by atoms with Gasteiger partial charge in [-0.15, -0.1) is 0 Å². The van der Waals surface area contributed by atoms with Crippen molar-refractivity contribution in [3.05, 3.63) is 24.0 Å². The van der Waals surface area contributed by atoms with E-state index in [-0.39, 0.29) is 0 Å². The quantitative estimate of drug-likeness (QED) is 0.699. The van der Waals surface area contributed by atoms with Gasteiger partial charge in [-0.1, -0.05) is 6.92 Å². The van der Waals surface area contributed by atoms with Gasteiger partial charge in [0.05, 0.1) is 5.69 Å². The number of pyridine rings is 1. The van der Waals surface area contributed by atoms with E-state index in [4.69, 9.17) is 0 Å². The van der Waals surface area contributed by atoms with E-state index < -0.39 is 10.2 Å². The second kappa shape index (κ2) is 7.42. The molecule has 0 bridgehead atoms. The Bertz CT molecular complexity index is 490. The third-order valence-corrected chi connectivity index (χ3v) is 4.23. The molecule has 0 aliphatic heterocycles. The molecular weight excluding hydrogens is 264 g/mol. The maximum absolute atomic E-state index is 12.1. The first-order chi connectivity index (χ1) is 8.97. The van der Waals surface area contributed by atoms with Crippen LogP contribution in [0.3, 0.4) is 0 Å². The number of aromatic nitrogens is 1. The van der Waals surface area contributed by atoms with Crippen LogP contribution < -0.4 is 10.0 Å². The third kappa shape index (κ3) is 5.14. The minimum absolute atomic E-state index is 0.479. The molecule has 0 spiro atoms. The average molecular weight is 286 g/mol. The number of hydrogen-bond acceptors (Lipinski definition) is 4. The highest BCUT2D eigenvalue weighted by atomic mass is 32.2. The lowest BCUT2D eigenvalue weighted by molar-refractivity contribution is 0.459. The zero-order valence-electron chi connectivity index (χ0n) is 11.7. The average Bonchev–Trinajstić information content (AvgIpc) is 2.37. The van der Waals surface area contributed by atoms with Crippen LogP contribution in [0.15, 0.2) is 18.5 Å². The molecular formula is C12H22N4O2S. The van der Waals surface area contributed by atoms with Crippen LogP contribution in [0.25, 0.3) is 0 Å². The Morgan fingerprint density at radius 1 is 1.42 bits per heavy atom. The number of nitrogens with zero attached hydrogens (tertiary/aromatic N) is 2. The molecule has 0 radical (unpaired) electrons. The van der Waals surface area contributed by atoms with E-state index in [1.165, 1.54) is 4.31 Å². The molecule has 0 amide bonds. The van der Waals surface area contributed by atoms with Gasteiger partial charge in [-0.3, -0.25) is 9.71 Å². The SMILES string of the molecule is CCNCCCN(C)S(=O)(=O)Nc1ccncc1C. The van der Waals surface area contributed by atoms with Crippen LogP contribution in [0.1, 0.15) is 18.9 Å². The number of hydrogen-bond donors (Lipinski definition) is 2. The molecule has 1 rings (SSSR count). The summed E-state index contributed by atoms with van der Waals surface area (Å²) < 4.78 is 28.1. The number of rotatable bonds is 8. The highest BCUT2D eigenvalue weighted by Gasteiger charge is 2.17. The van der Waals surface area contributed by atoms with Crippen LogP contribution in [-0.4, -0.2) is 44.4 Å². The van der Waals surface area contributed by atoms with E-state index >= 15 is 0 Å². The third-order valence-electron chi connectivity index (χ3n) is 2.75. The van der Waals surface area contributed by atoms with Crippen LogP contribution in [0, 0.1) is 6.92 Å². The van der Waals surface area contributed by atoms with Crippen molar-refractivity contribution in [3.63, 3.8) is 0 Å². The number of aryl methyl sites for hydroxylation is 1. The predicted octanol–water partition coefficient (Wildman–Crippen LogP) is 0.978. The molecule has 0 atom stereocenters. The Kier molecular flexibility index (Phi) is 6.20. The Balaban J connectivity index is 2.58. The van der Waals surface area contributed by atoms with Crippen molar-refractivity contribution in [2.24, 2.45) is 0 Å². The van der Waals surface area contributed by atoms with E-state index in [0.717, 1.165) is 25.1 Å². The van der Waals surface area contributed by atoms with Crippen molar-refractivity contribution in [1.82, 2.24) is 14.6 Å². The summed E-state index contributed by atoms with van der Waals surface area (Å²) in [5.41, 5.74) is 1.36. The summed E-state index contributed by atoms with van der Waals surface area (Å²) in [6.07, 6.45) is 3.97. The fraction of sp³-hybridized carbons (Fsp3) is 0.583. The van der Waals surface area contributed by atoms with Gasteiger partial charge in [0.2, 0.25) is 0 Å². The van der Waals surface area contributed by atoms with E-state index in [1.54, 1.807) is 25.5 Å². The number of anilines is 1. The van der Waals surface area contributed by atoms with Crippen LogP contribution in [0.2, 0.25) is 0 Å². The second-order valence-corrected chi connectivity index (χ2v) is 6.10. The largest absolute Gasteiger partial charge is 0.317 e. The van der Waals surface area contributed by atoms with E-state index in [0.29, 0.717) is 12.2 Å². The summed E-state index contributed by atoms with van der Waals surface area (Å²) in [6, 6.07) is 1.65. The zero-order chi connectivity index (χ0) is 14.3. The summed E-state index contributed by atoms with van der Waals surface area (Å²) in [4.78, 5) is 3.93. The van der Waals surface area contributed by atoms with Crippen molar-refractivity contribution < 1.29 is 8.42 Å². The Morgan fingerprint density at radius 2 is 2.16 bits per heavy atom. The van der Waals surface area contributed by atoms with Crippen molar-refractivity contribution in [1.29, 1.82) is 0 Å². The summed E-state index contributed by atoms with van der Waals surface area (Å²) in [5, 5.41) is 3.16. The van der Waals surface area contributed by atoms with Crippen molar-refractivity contribution >= 4 is 15.9 Å². The number of nitrogens with one attached hydrogen (secondary N) is 2. The molecule has 0 aliphatic rings. The lowest BCUT2D eigenvalue weighted by Gasteiger charge is -2.19. The highest BCUT2D eigenvalue weighted by Crippen LogP contribution is 2.14. The van der Waals surface area contributed by atoms with Gasteiger partial charge in [-0.2, -0.15) is 12.7 Å².